The Kier molecular flexibility index (Phi) is 2.71. The van der Waals surface area contributed by atoms with E-state index in [4.69, 9.17) is 0 Å². The number of fused-ring (bicyclic) bond motifs is 1. The van der Waals surface area contributed by atoms with E-state index < -0.39 is 0 Å². The minimum Gasteiger partial charge on any atom is -0.255 e. The fourth-order valence-electron chi connectivity index (χ4n) is 2.05. The first-order valence-electron chi connectivity index (χ1n) is 6.00. The molecule has 0 saturated carbocycles. The number of pyridine rings is 1. The topological polar surface area (TPSA) is 38.7 Å². The summed E-state index contributed by atoms with van der Waals surface area (Å²) in [6.07, 6.45) is 3.42. The Morgan fingerprint density at radius 2 is 1.95 bits per heavy atom. The molecule has 0 spiro atoms. The van der Waals surface area contributed by atoms with E-state index in [-0.39, 0.29) is 5.82 Å². The molecule has 0 bridgehead atoms. The molecule has 3 aromatic rings. The van der Waals surface area contributed by atoms with E-state index in [9.17, 15) is 4.39 Å². The molecule has 19 heavy (non-hydrogen) atoms. The molecule has 2 heterocycles. The van der Waals surface area contributed by atoms with Crippen molar-refractivity contribution < 1.29 is 4.39 Å². The lowest BCUT2D eigenvalue weighted by molar-refractivity contribution is 0.639. The van der Waals surface area contributed by atoms with Crippen LogP contribution in [0.4, 0.5) is 4.39 Å². The first-order valence-corrected chi connectivity index (χ1v) is 6.00. The number of hydrogen-bond acceptors (Lipinski definition) is 3. The van der Waals surface area contributed by atoms with Crippen LogP contribution >= 0.6 is 0 Å². The molecule has 0 aliphatic rings. The molecule has 0 unspecified atom stereocenters. The highest BCUT2D eigenvalue weighted by Crippen LogP contribution is 2.25. The van der Waals surface area contributed by atoms with Crippen molar-refractivity contribution in [2.75, 3.05) is 0 Å². The van der Waals surface area contributed by atoms with Crippen molar-refractivity contribution in [2.24, 2.45) is 0 Å². The van der Waals surface area contributed by atoms with E-state index in [1.54, 1.807) is 30.6 Å². The third-order valence-corrected chi connectivity index (χ3v) is 3.30. The molecule has 2 aromatic heterocycles. The summed E-state index contributed by atoms with van der Waals surface area (Å²) in [5.74, 6) is -0.273. The molecule has 3 nitrogen and oxygen atoms in total. The Bertz CT molecular complexity index is 768. The van der Waals surface area contributed by atoms with Gasteiger partial charge in [0.15, 0.2) is 0 Å². The Labute approximate surface area is 110 Å². The van der Waals surface area contributed by atoms with Crippen LogP contribution in [0.5, 0.6) is 0 Å². The molecule has 0 amide bonds. The van der Waals surface area contributed by atoms with Crippen molar-refractivity contribution in [3.63, 3.8) is 0 Å². The van der Waals surface area contributed by atoms with Gasteiger partial charge in [-0.05, 0) is 43.2 Å². The van der Waals surface area contributed by atoms with E-state index in [2.05, 4.69) is 15.2 Å². The first-order chi connectivity index (χ1) is 9.16. The SMILES string of the molecule is Cc1cnnc(-c2cnc3cccc(F)c3c2)c1C. The first kappa shape index (κ1) is 11.7. The van der Waals surface area contributed by atoms with Crippen molar-refractivity contribution in [3.8, 4) is 11.3 Å². The standard InChI is InChI=1S/C15H12FN3/c1-9-7-18-19-15(10(9)2)11-6-12-13(16)4-3-5-14(12)17-8-11/h3-8H,1-2H3. The summed E-state index contributed by atoms with van der Waals surface area (Å²) in [4.78, 5) is 4.28. The minimum absolute atomic E-state index is 0.273. The summed E-state index contributed by atoms with van der Waals surface area (Å²) in [5.41, 5.74) is 4.26. The van der Waals surface area contributed by atoms with E-state index in [0.29, 0.717) is 10.9 Å². The van der Waals surface area contributed by atoms with Gasteiger partial charge >= 0.3 is 0 Å². The molecule has 94 valence electrons. The quantitative estimate of drug-likeness (QED) is 0.666. The highest BCUT2D eigenvalue weighted by Gasteiger charge is 2.09. The van der Waals surface area contributed by atoms with E-state index in [1.807, 2.05) is 13.8 Å². The van der Waals surface area contributed by atoms with Crippen molar-refractivity contribution in [1.29, 1.82) is 0 Å². The van der Waals surface area contributed by atoms with Gasteiger partial charge in [0.05, 0.1) is 17.4 Å². The predicted octanol–water partition coefficient (Wildman–Crippen LogP) is 3.45. The van der Waals surface area contributed by atoms with Gasteiger partial charge in [-0.25, -0.2) is 4.39 Å². The molecule has 1 aromatic carbocycles. The maximum absolute atomic E-state index is 13.8. The highest BCUT2D eigenvalue weighted by molar-refractivity contribution is 5.83. The molecule has 4 heteroatoms. The number of hydrogen-bond donors (Lipinski definition) is 0. The van der Waals surface area contributed by atoms with Crippen molar-refractivity contribution >= 4 is 10.9 Å². The summed E-state index contributed by atoms with van der Waals surface area (Å²) in [6.45, 7) is 3.95. The number of rotatable bonds is 1. The van der Waals surface area contributed by atoms with Crippen LogP contribution in [0.2, 0.25) is 0 Å². The number of halogens is 1. The molecule has 0 fully saturated rings. The Hall–Kier alpha value is -2.36. The Balaban J connectivity index is 2.26. The normalized spacial score (nSPS) is 10.9. The van der Waals surface area contributed by atoms with Gasteiger partial charge in [0.2, 0.25) is 0 Å². The summed E-state index contributed by atoms with van der Waals surface area (Å²) >= 11 is 0. The van der Waals surface area contributed by atoms with Gasteiger partial charge in [0, 0.05) is 17.1 Å². The second-order valence-corrected chi connectivity index (χ2v) is 4.53. The largest absolute Gasteiger partial charge is 0.255 e. The predicted molar refractivity (Wildman–Crippen MR) is 72.2 cm³/mol. The molecule has 0 saturated heterocycles. The van der Waals surface area contributed by atoms with Crippen LogP contribution in [0.1, 0.15) is 11.1 Å². The lowest BCUT2D eigenvalue weighted by atomic mass is 10.0. The molecule has 0 aliphatic heterocycles. The van der Waals surface area contributed by atoms with Crippen LogP contribution in [-0.4, -0.2) is 15.2 Å². The van der Waals surface area contributed by atoms with Crippen LogP contribution in [0.3, 0.4) is 0 Å². The molecule has 0 radical (unpaired) electrons. The summed E-state index contributed by atoms with van der Waals surface area (Å²) < 4.78 is 13.8. The lowest BCUT2D eigenvalue weighted by Gasteiger charge is -2.07. The number of benzene rings is 1. The zero-order valence-electron chi connectivity index (χ0n) is 10.7. The van der Waals surface area contributed by atoms with E-state index in [0.717, 1.165) is 22.4 Å². The van der Waals surface area contributed by atoms with Gasteiger partial charge in [0.25, 0.3) is 0 Å². The maximum Gasteiger partial charge on any atom is 0.132 e. The maximum atomic E-state index is 13.8. The monoisotopic (exact) mass is 253 g/mol. The van der Waals surface area contributed by atoms with Gasteiger partial charge in [-0.15, -0.1) is 0 Å². The summed E-state index contributed by atoms with van der Waals surface area (Å²) in [6, 6.07) is 6.65. The van der Waals surface area contributed by atoms with Crippen LogP contribution in [0, 0.1) is 19.7 Å². The Morgan fingerprint density at radius 1 is 1.11 bits per heavy atom. The second-order valence-electron chi connectivity index (χ2n) is 4.53. The van der Waals surface area contributed by atoms with Gasteiger partial charge in [-0.1, -0.05) is 6.07 Å². The molecule has 0 aliphatic carbocycles. The third kappa shape index (κ3) is 1.95. The zero-order valence-corrected chi connectivity index (χ0v) is 10.7. The smallest absolute Gasteiger partial charge is 0.132 e. The molecular weight excluding hydrogens is 241 g/mol. The average molecular weight is 253 g/mol. The van der Waals surface area contributed by atoms with Gasteiger partial charge < -0.3 is 0 Å². The van der Waals surface area contributed by atoms with E-state index >= 15 is 0 Å². The van der Waals surface area contributed by atoms with Crippen LogP contribution in [-0.2, 0) is 0 Å². The fourth-order valence-corrected chi connectivity index (χ4v) is 2.05. The second kappa shape index (κ2) is 4.39. The molecular formula is C15H12FN3. The van der Waals surface area contributed by atoms with Crippen molar-refractivity contribution in [1.82, 2.24) is 15.2 Å². The summed E-state index contributed by atoms with van der Waals surface area (Å²) in [7, 11) is 0. The molecule has 0 atom stereocenters. The van der Waals surface area contributed by atoms with Gasteiger partial charge in [0.1, 0.15) is 5.82 Å². The average Bonchev–Trinajstić information content (AvgIpc) is 2.42. The van der Waals surface area contributed by atoms with Crippen LogP contribution < -0.4 is 0 Å². The van der Waals surface area contributed by atoms with Gasteiger partial charge in [-0.2, -0.15) is 10.2 Å². The number of nitrogens with zero attached hydrogens (tertiary/aromatic N) is 3. The van der Waals surface area contributed by atoms with Crippen LogP contribution in [0.25, 0.3) is 22.2 Å². The number of aryl methyl sites for hydroxylation is 1. The fraction of sp³-hybridized carbons (Fsp3) is 0.133. The highest BCUT2D eigenvalue weighted by atomic mass is 19.1. The van der Waals surface area contributed by atoms with Crippen LogP contribution in [0.15, 0.2) is 36.7 Å². The third-order valence-electron chi connectivity index (χ3n) is 3.30. The Morgan fingerprint density at radius 3 is 2.79 bits per heavy atom. The van der Waals surface area contributed by atoms with Crippen molar-refractivity contribution in [3.05, 3.63) is 53.6 Å². The molecule has 3 rings (SSSR count). The molecule has 0 N–H and O–H groups in total. The lowest BCUT2D eigenvalue weighted by Crippen LogP contribution is -1.95. The minimum atomic E-state index is -0.273. The zero-order chi connectivity index (χ0) is 13.4. The van der Waals surface area contributed by atoms with Gasteiger partial charge in [-0.3, -0.25) is 4.98 Å². The number of aromatic nitrogens is 3. The van der Waals surface area contributed by atoms with E-state index in [1.165, 1.54) is 6.07 Å². The van der Waals surface area contributed by atoms with Crippen molar-refractivity contribution in [2.45, 2.75) is 13.8 Å². The summed E-state index contributed by atoms with van der Waals surface area (Å²) in [5, 5.41) is 8.59.